The maximum absolute atomic E-state index is 12.8. The third kappa shape index (κ3) is 1.86. The van der Waals surface area contributed by atoms with Gasteiger partial charge < -0.3 is 14.6 Å². The predicted octanol–water partition coefficient (Wildman–Crippen LogP) is 2.87. The van der Waals surface area contributed by atoms with Gasteiger partial charge >= 0.3 is 5.63 Å². The Kier molecular flexibility index (Phi) is 2.94. The smallest absolute Gasteiger partial charge is 0.341 e. The normalized spacial score (nSPS) is 21.5. The van der Waals surface area contributed by atoms with Gasteiger partial charge in [-0.1, -0.05) is 0 Å². The van der Waals surface area contributed by atoms with Gasteiger partial charge in [0.2, 0.25) is 0 Å². The molecule has 1 N–H and O–H groups in total. The Labute approximate surface area is 141 Å². The van der Waals surface area contributed by atoms with Crippen LogP contribution in [0.15, 0.2) is 15.3 Å². The number of fused-ring (bicyclic) bond motifs is 4. The van der Waals surface area contributed by atoms with E-state index in [0.717, 1.165) is 56.5 Å². The summed E-state index contributed by atoms with van der Waals surface area (Å²) in [4.78, 5) is 15.3. The van der Waals surface area contributed by atoms with Crippen LogP contribution < -0.4 is 15.8 Å². The van der Waals surface area contributed by atoms with E-state index in [1.807, 2.05) is 0 Å². The molecule has 4 heteroatoms. The minimum atomic E-state index is -0.318. The van der Waals surface area contributed by atoms with Crippen LogP contribution in [0.25, 0.3) is 11.0 Å². The van der Waals surface area contributed by atoms with Crippen molar-refractivity contribution >= 4 is 16.7 Å². The van der Waals surface area contributed by atoms with Crippen molar-refractivity contribution in [2.24, 2.45) is 0 Å². The van der Waals surface area contributed by atoms with E-state index in [9.17, 15) is 4.79 Å². The van der Waals surface area contributed by atoms with Gasteiger partial charge in [0, 0.05) is 41.8 Å². The Morgan fingerprint density at radius 3 is 2.75 bits per heavy atom. The summed E-state index contributed by atoms with van der Waals surface area (Å²) in [6.45, 7) is 7.35. The summed E-state index contributed by atoms with van der Waals surface area (Å²) in [6, 6.07) is 2.33. The van der Waals surface area contributed by atoms with Gasteiger partial charge in [0.05, 0.1) is 5.56 Å². The molecule has 0 saturated heterocycles. The molecule has 5 rings (SSSR count). The highest BCUT2D eigenvalue weighted by Crippen LogP contribution is 2.42. The Balaban J connectivity index is 1.90. The third-order valence-electron chi connectivity index (χ3n) is 6.07. The van der Waals surface area contributed by atoms with Crippen molar-refractivity contribution < 1.29 is 4.42 Å². The first-order chi connectivity index (χ1) is 11.6. The van der Waals surface area contributed by atoms with E-state index in [0.29, 0.717) is 0 Å². The Morgan fingerprint density at radius 2 is 1.92 bits per heavy atom. The van der Waals surface area contributed by atoms with Crippen molar-refractivity contribution in [2.45, 2.75) is 51.5 Å². The van der Waals surface area contributed by atoms with Crippen molar-refractivity contribution in [2.75, 3.05) is 24.5 Å². The second-order valence-corrected chi connectivity index (χ2v) is 7.98. The molecule has 1 aromatic carbocycles. The SMILES string of the molecule is CC1(C)NCCc2c1c(=O)oc1c3c4c(cc21)CCCN4CCC3. The molecule has 0 radical (unpaired) electrons. The van der Waals surface area contributed by atoms with Gasteiger partial charge in [-0.2, -0.15) is 0 Å². The van der Waals surface area contributed by atoms with Crippen LogP contribution in [0.1, 0.15) is 48.9 Å². The number of aryl methyl sites for hydroxylation is 2. The highest BCUT2D eigenvalue weighted by molar-refractivity contribution is 5.91. The quantitative estimate of drug-likeness (QED) is 0.757. The molecule has 0 atom stereocenters. The van der Waals surface area contributed by atoms with Crippen molar-refractivity contribution in [1.29, 1.82) is 0 Å². The van der Waals surface area contributed by atoms with Crippen LogP contribution in [0, 0.1) is 0 Å². The molecule has 0 spiro atoms. The zero-order chi connectivity index (χ0) is 16.5. The molecule has 0 fully saturated rings. The number of benzene rings is 1. The van der Waals surface area contributed by atoms with Crippen LogP contribution >= 0.6 is 0 Å². The molecule has 2 aromatic rings. The topological polar surface area (TPSA) is 45.5 Å². The molecular weight excluding hydrogens is 300 g/mol. The number of hydrogen-bond acceptors (Lipinski definition) is 4. The Morgan fingerprint density at radius 1 is 1.12 bits per heavy atom. The lowest BCUT2D eigenvalue weighted by atomic mass is 9.82. The van der Waals surface area contributed by atoms with Gasteiger partial charge in [-0.3, -0.25) is 0 Å². The number of nitrogens with one attached hydrogen (secondary N) is 1. The summed E-state index contributed by atoms with van der Waals surface area (Å²) >= 11 is 0. The molecule has 0 aliphatic carbocycles. The average molecular weight is 324 g/mol. The molecular formula is C20H24N2O2. The van der Waals surface area contributed by atoms with E-state index >= 15 is 0 Å². The minimum Gasteiger partial charge on any atom is -0.422 e. The lowest BCUT2D eigenvalue weighted by molar-refractivity contribution is 0.363. The largest absolute Gasteiger partial charge is 0.422 e. The third-order valence-corrected chi connectivity index (χ3v) is 6.07. The molecule has 0 saturated carbocycles. The zero-order valence-electron chi connectivity index (χ0n) is 14.5. The second-order valence-electron chi connectivity index (χ2n) is 7.98. The van der Waals surface area contributed by atoms with Crippen molar-refractivity contribution in [3.05, 3.63) is 38.7 Å². The standard InChI is InChI=1S/C20H24N2O2/c1-20(2)16-13(7-8-21-20)15-11-12-5-3-9-22-10-4-6-14(17(12)22)18(15)24-19(16)23/h11,21H,3-10H2,1-2H3. The zero-order valence-corrected chi connectivity index (χ0v) is 14.5. The highest BCUT2D eigenvalue weighted by atomic mass is 16.4. The van der Waals surface area contributed by atoms with Crippen LogP contribution in [-0.4, -0.2) is 19.6 Å². The first-order valence-electron chi connectivity index (χ1n) is 9.21. The van der Waals surface area contributed by atoms with Gasteiger partial charge in [0.1, 0.15) is 5.58 Å². The second kappa shape index (κ2) is 4.85. The van der Waals surface area contributed by atoms with Crippen LogP contribution in [0.3, 0.4) is 0 Å². The van der Waals surface area contributed by atoms with E-state index in [-0.39, 0.29) is 11.2 Å². The molecule has 24 heavy (non-hydrogen) atoms. The first-order valence-corrected chi connectivity index (χ1v) is 9.21. The van der Waals surface area contributed by atoms with Crippen molar-refractivity contribution in [3.63, 3.8) is 0 Å². The first kappa shape index (κ1) is 14.5. The van der Waals surface area contributed by atoms with E-state index < -0.39 is 0 Å². The summed E-state index contributed by atoms with van der Waals surface area (Å²) in [5, 5.41) is 4.65. The molecule has 4 nitrogen and oxygen atoms in total. The molecule has 126 valence electrons. The summed E-state index contributed by atoms with van der Waals surface area (Å²) in [6.07, 6.45) is 5.45. The van der Waals surface area contributed by atoms with Gasteiger partial charge in [0.25, 0.3) is 0 Å². The lowest BCUT2D eigenvalue weighted by Crippen LogP contribution is -2.46. The molecule has 0 unspecified atom stereocenters. The van der Waals surface area contributed by atoms with Crippen molar-refractivity contribution in [3.8, 4) is 0 Å². The molecule has 0 bridgehead atoms. The minimum absolute atomic E-state index is 0.154. The molecule has 0 amide bonds. The fourth-order valence-electron chi connectivity index (χ4n) is 5.05. The molecule has 1 aromatic heterocycles. The average Bonchev–Trinajstić information content (AvgIpc) is 2.56. The predicted molar refractivity (Wildman–Crippen MR) is 96.1 cm³/mol. The summed E-state index contributed by atoms with van der Waals surface area (Å²) in [5.74, 6) is 0. The summed E-state index contributed by atoms with van der Waals surface area (Å²) in [7, 11) is 0. The lowest BCUT2D eigenvalue weighted by Gasteiger charge is -2.38. The number of anilines is 1. The maximum Gasteiger partial charge on any atom is 0.341 e. The number of nitrogens with zero attached hydrogens (tertiary/aromatic N) is 1. The fourth-order valence-corrected chi connectivity index (χ4v) is 5.05. The van der Waals surface area contributed by atoms with E-state index in [1.165, 1.54) is 34.2 Å². The van der Waals surface area contributed by atoms with E-state index in [2.05, 4.69) is 30.1 Å². The van der Waals surface area contributed by atoms with Crippen LogP contribution in [-0.2, 0) is 24.8 Å². The summed E-state index contributed by atoms with van der Waals surface area (Å²) in [5.41, 5.74) is 6.54. The van der Waals surface area contributed by atoms with Crippen LogP contribution in [0.2, 0.25) is 0 Å². The molecule has 3 aliphatic heterocycles. The Hall–Kier alpha value is -1.81. The number of hydrogen-bond donors (Lipinski definition) is 1. The maximum atomic E-state index is 12.8. The van der Waals surface area contributed by atoms with Gasteiger partial charge in [-0.15, -0.1) is 0 Å². The molecule has 4 heterocycles. The van der Waals surface area contributed by atoms with Crippen LogP contribution in [0.4, 0.5) is 5.69 Å². The molecule has 3 aliphatic rings. The van der Waals surface area contributed by atoms with Gasteiger partial charge in [-0.05, 0) is 63.1 Å². The highest BCUT2D eigenvalue weighted by Gasteiger charge is 2.34. The summed E-state index contributed by atoms with van der Waals surface area (Å²) < 4.78 is 5.94. The monoisotopic (exact) mass is 324 g/mol. The van der Waals surface area contributed by atoms with Crippen LogP contribution in [0.5, 0.6) is 0 Å². The fraction of sp³-hybridized carbons (Fsp3) is 0.550. The number of rotatable bonds is 0. The van der Waals surface area contributed by atoms with Gasteiger partial charge in [0.15, 0.2) is 0 Å². The van der Waals surface area contributed by atoms with Crippen molar-refractivity contribution in [1.82, 2.24) is 5.32 Å². The Bertz CT molecular complexity index is 908. The van der Waals surface area contributed by atoms with Gasteiger partial charge in [-0.25, -0.2) is 4.79 Å². The van der Waals surface area contributed by atoms with E-state index in [1.54, 1.807) is 0 Å². The van der Waals surface area contributed by atoms with E-state index in [4.69, 9.17) is 4.42 Å².